The molecule has 0 unspecified atom stereocenters. The lowest BCUT2D eigenvalue weighted by Crippen LogP contribution is -2.00. The summed E-state index contributed by atoms with van der Waals surface area (Å²) in [6.45, 7) is 0. The largest absolute Gasteiger partial charge is 0.306 e. The molecule has 0 aliphatic rings. The third kappa shape index (κ3) is 2.53. The molecule has 2 heterocycles. The first-order chi connectivity index (χ1) is 11.3. The summed E-state index contributed by atoms with van der Waals surface area (Å²) in [4.78, 5) is 16.9. The number of ketones is 1. The molecule has 4 aromatic rings. The van der Waals surface area contributed by atoms with Crippen molar-refractivity contribution in [1.82, 2.24) is 9.38 Å². The molecule has 0 amide bonds. The monoisotopic (exact) mass is 298 g/mol. The van der Waals surface area contributed by atoms with E-state index >= 15 is 0 Å². The fourth-order valence-corrected chi connectivity index (χ4v) is 2.64. The number of fused-ring (bicyclic) bond motifs is 1. The summed E-state index contributed by atoms with van der Waals surface area (Å²) in [7, 11) is 0. The van der Waals surface area contributed by atoms with Gasteiger partial charge in [-0.2, -0.15) is 0 Å². The molecule has 0 radical (unpaired) electrons. The van der Waals surface area contributed by atoms with Gasteiger partial charge in [-0.1, -0.05) is 60.7 Å². The van der Waals surface area contributed by atoms with E-state index in [9.17, 15) is 4.79 Å². The highest BCUT2D eigenvalue weighted by Gasteiger charge is 2.13. The first-order valence-corrected chi connectivity index (χ1v) is 7.45. The highest BCUT2D eigenvalue weighted by atomic mass is 16.1. The summed E-state index contributed by atoms with van der Waals surface area (Å²) in [6.07, 6.45) is 3.79. The van der Waals surface area contributed by atoms with Crippen LogP contribution in [0.15, 0.2) is 85.2 Å². The number of carbonyl (C=O) groups is 1. The van der Waals surface area contributed by atoms with Gasteiger partial charge >= 0.3 is 0 Å². The molecule has 23 heavy (non-hydrogen) atoms. The van der Waals surface area contributed by atoms with Crippen LogP contribution in [0.3, 0.4) is 0 Å². The second-order valence-corrected chi connectivity index (χ2v) is 5.37. The molecule has 0 saturated heterocycles. The van der Waals surface area contributed by atoms with Crippen molar-refractivity contribution in [3.63, 3.8) is 0 Å². The Kier molecular flexibility index (Phi) is 3.24. The van der Waals surface area contributed by atoms with Gasteiger partial charge in [-0.3, -0.25) is 4.79 Å². The lowest BCUT2D eigenvalue weighted by molar-refractivity contribution is 0.103. The zero-order chi connectivity index (χ0) is 15.6. The average molecular weight is 298 g/mol. The molecule has 4 rings (SSSR count). The van der Waals surface area contributed by atoms with Crippen molar-refractivity contribution in [3.05, 3.63) is 96.4 Å². The molecule has 0 aliphatic carbocycles. The Morgan fingerprint density at radius 3 is 2.17 bits per heavy atom. The van der Waals surface area contributed by atoms with Gasteiger partial charge in [0.05, 0.1) is 0 Å². The number of imidazole rings is 1. The minimum absolute atomic E-state index is 0.0597. The summed E-state index contributed by atoms with van der Waals surface area (Å²) in [5, 5.41) is 0. The van der Waals surface area contributed by atoms with E-state index in [0.717, 1.165) is 16.8 Å². The van der Waals surface area contributed by atoms with Gasteiger partial charge in [0.25, 0.3) is 0 Å². The van der Waals surface area contributed by atoms with Crippen LogP contribution in [0.2, 0.25) is 0 Å². The third-order valence-corrected chi connectivity index (χ3v) is 3.83. The van der Waals surface area contributed by atoms with Crippen molar-refractivity contribution in [3.8, 4) is 11.1 Å². The Hall–Kier alpha value is -3.20. The summed E-state index contributed by atoms with van der Waals surface area (Å²) in [5.74, 6) is -0.0597. The Bertz CT molecular complexity index is 972. The van der Waals surface area contributed by atoms with E-state index in [1.807, 2.05) is 71.3 Å². The smallest absolute Gasteiger partial charge is 0.212 e. The Morgan fingerprint density at radius 2 is 1.43 bits per heavy atom. The number of pyridine rings is 1. The van der Waals surface area contributed by atoms with E-state index in [-0.39, 0.29) is 5.78 Å². The van der Waals surface area contributed by atoms with Crippen molar-refractivity contribution in [1.29, 1.82) is 0 Å². The van der Waals surface area contributed by atoms with Crippen LogP contribution >= 0.6 is 0 Å². The zero-order valence-electron chi connectivity index (χ0n) is 12.4. The third-order valence-electron chi connectivity index (χ3n) is 3.83. The lowest BCUT2D eigenvalue weighted by Gasteiger charge is -2.01. The maximum Gasteiger partial charge on any atom is 0.212 e. The van der Waals surface area contributed by atoms with E-state index in [0.29, 0.717) is 11.3 Å². The minimum atomic E-state index is -0.0597. The second-order valence-electron chi connectivity index (χ2n) is 5.37. The van der Waals surface area contributed by atoms with Crippen LogP contribution in [-0.2, 0) is 0 Å². The fourth-order valence-electron chi connectivity index (χ4n) is 2.64. The molecule has 2 aromatic carbocycles. The topological polar surface area (TPSA) is 34.4 Å². The quantitative estimate of drug-likeness (QED) is 0.530. The maximum absolute atomic E-state index is 12.5. The minimum Gasteiger partial charge on any atom is -0.306 e. The van der Waals surface area contributed by atoms with Crippen molar-refractivity contribution in [2.24, 2.45) is 0 Å². The van der Waals surface area contributed by atoms with Crippen molar-refractivity contribution >= 4 is 11.4 Å². The number of benzene rings is 2. The summed E-state index contributed by atoms with van der Waals surface area (Å²) >= 11 is 0. The van der Waals surface area contributed by atoms with Crippen LogP contribution in [0.1, 0.15) is 16.1 Å². The first kappa shape index (κ1) is 13.5. The predicted molar refractivity (Wildman–Crippen MR) is 90.5 cm³/mol. The number of rotatable bonds is 3. The SMILES string of the molecule is O=C(c1ccccc1)c1cn2cc(-c3ccccc3)ccc2n1. The highest BCUT2D eigenvalue weighted by molar-refractivity contribution is 6.07. The van der Waals surface area contributed by atoms with E-state index in [2.05, 4.69) is 17.1 Å². The number of nitrogens with zero attached hydrogens (tertiary/aromatic N) is 2. The van der Waals surface area contributed by atoms with Gasteiger partial charge < -0.3 is 4.40 Å². The van der Waals surface area contributed by atoms with Gasteiger partial charge in [-0.05, 0) is 23.3 Å². The average Bonchev–Trinajstić information content (AvgIpc) is 3.06. The summed E-state index contributed by atoms with van der Waals surface area (Å²) in [5.41, 5.74) is 4.11. The summed E-state index contributed by atoms with van der Waals surface area (Å²) in [6, 6.07) is 23.3. The molecule has 3 heteroatoms. The maximum atomic E-state index is 12.5. The van der Waals surface area contributed by atoms with E-state index in [1.54, 1.807) is 6.20 Å². The molecule has 0 spiro atoms. The fraction of sp³-hybridized carbons (Fsp3) is 0. The molecule has 0 atom stereocenters. The Morgan fingerprint density at radius 1 is 0.739 bits per heavy atom. The van der Waals surface area contributed by atoms with Crippen LogP contribution in [0.4, 0.5) is 0 Å². The summed E-state index contributed by atoms with van der Waals surface area (Å²) < 4.78 is 1.90. The zero-order valence-corrected chi connectivity index (χ0v) is 12.4. The van der Waals surface area contributed by atoms with E-state index in [1.165, 1.54) is 0 Å². The van der Waals surface area contributed by atoms with Gasteiger partial charge in [0.1, 0.15) is 11.3 Å². The predicted octanol–water partition coefficient (Wildman–Crippen LogP) is 4.23. The van der Waals surface area contributed by atoms with Crippen LogP contribution in [0.5, 0.6) is 0 Å². The normalized spacial score (nSPS) is 10.8. The Labute approximate surface area is 133 Å². The first-order valence-electron chi connectivity index (χ1n) is 7.45. The van der Waals surface area contributed by atoms with Crippen LogP contribution < -0.4 is 0 Å². The number of hydrogen-bond donors (Lipinski definition) is 0. The van der Waals surface area contributed by atoms with Gasteiger partial charge in [0.15, 0.2) is 0 Å². The molecular formula is C20H14N2O. The molecular weight excluding hydrogens is 284 g/mol. The second kappa shape index (κ2) is 5.54. The van der Waals surface area contributed by atoms with Crippen LogP contribution in [-0.4, -0.2) is 15.2 Å². The van der Waals surface area contributed by atoms with Gasteiger partial charge in [0.2, 0.25) is 5.78 Å². The Balaban J connectivity index is 1.75. The van der Waals surface area contributed by atoms with E-state index < -0.39 is 0 Å². The van der Waals surface area contributed by atoms with Gasteiger partial charge in [0, 0.05) is 18.0 Å². The molecule has 0 aliphatic heterocycles. The number of carbonyl (C=O) groups excluding carboxylic acids is 1. The molecule has 2 aromatic heterocycles. The molecule has 3 nitrogen and oxygen atoms in total. The highest BCUT2D eigenvalue weighted by Crippen LogP contribution is 2.20. The lowest BCUT2D eigenvalue weighted by atomic mass is 10.1. The van der Waals surface area contributed by atoms with Gasteiger partial charge in [-0.25, -0.2) is 4.98 Å². The van der Waals surface area contributed by atoms with Crippen molar-refractivity contribution < 1.29 is 4.79 Å². The van der Waals surface area contributed by atoms with Crippen molar-refractivity contribution in [2.75, 3.05) is 0 Å². The number of aromatic nitrogens is 2. The molecule has 0 N–H and O–H groups in total. The number of hydrogen-bond acceptors (Lipinski definition) is 2. The molecule has 0 bridgehead atoms. The van der Waals surface area contributed by atoms with E-state index in [4.69, 9.17) is 0 Å². The standard InChI is InChI=1S/C20H14N2O/c23-20(16-9-5-2-6-10-16)18-14-22-13-17(11-12-19(22)21-18)15-7-3-1-4-8-15/h1-14H. The van der Waals surface area contributed by atoms with Crippen LogP contribution in [0.25, 0.3) is 16.8 Å². The van der Waals surface area contributed by atoms with Crippen molar-refractivity contribution in [2.45, 2.75) is 0 Å². The molecule has 110 valence electrons. The molecule has 0 saturated carbocycles. The molecule has 0 fully saturated rings. The van der Waals surface area contributed by atoms with Gasteiger partial charge in [-0.15, -0.1) is 0 Å². The van der Waals surface area contributed by atoms with Crippen LogP contribution in [0, 0.1) is 0 Å².